The second-order valence-electron chi connectivity index (χ2n) is 3.72. The fourth-order valence-corrected chi connectivity index (χ4v) is 2.09. The summed E-state index contributed by atoms with van der Waals surface area (Å²) in [5.41, 5.74) is 0. The molecule has 0 saturated carbocycles. The van der Waals surface area contributed by atoms with E-state index >= 15 is 0 Å². The summed E-state index contributed by atoms with van der Waals surface area (Å²) in [7, 11) is 0. The highest BCUT2D eigenvalue weighted by atomic mass is 35.5. The SMILES string of the molecule is Cc1nccn1CCOc1cc(Cl)c(Cl)c(Cl)c1. The Kier molecular flexibility index (Phi) is 4.38. The van der Waals surface area contributed by atoms with Crippen molar-refractivity contribution in [3.63, 3.8) is 0 Å². The van der Waals surface area contributed by atoms with Crippen molar-refractivity contribution >= 4 is 34.8 Å². The van der Waals surface area contributed by atoms with Gasteiger partial charge in [-0.15, -0.1) is 0 Å². The van der Waals surface area contributed by atoms with Gasteiger partial charge in [-0.25, -0.2) is 4.98 Å². The average molecular weight is 306 g/mol. The first kappa shape index (κ1) is 13.5. The Labute approximate surface area is 120 Å². The van der Waals surface area contributed by atoms with E-state index in [1.807, 2.05) is 17.7 Å². The van der Waals surface area contributed by atoms with Crippen LogP contribution in [0.2, 0.25) is 15.1 Å². The predicted molar refractivity (Wildman–Crippen MR) is 73.9 cm³/mol. The van der Waals surface area contributed by atoms with Crippen molar-refractivity contribution in [3.8, 4) is 5.75 Å². The van der Waals surface area contributed by atoms with Crippen LogP contribution >= 0.6 is 34.8 Å². The molecule has 0 aliphatic rings. The molecule has 18 heavy (non-hydrogen) atoms. The normalized spacial score (nSPS) is 10.7. The molecule has 0 N–H and O–H groups in total. The lowest BCUT2D eigenvalue weighted by molar-refractivity contribution is 0.297. The first-order valence-corrected chi connectivity index (χ1v) is 6.46. The Morgan fingerprint density at radius 1 is 1.22 bits per heavy atom. The van der Waals surface area contributed by atoms with Gasteiger partial charge in [0.05, 0.1) is 21.6 Å². The zero-order valence-corrected chi connectivity index (χ0v) is 11.9. The third-order valence-corrected chi connectivity index (χ3v) is 3.68. The van der Waals surface area contributed by atoms with Crippen LogP contribution in [-0.2, 0) is 6.54 Å². The standard InChI is InChI=1S/C12H11Cl3N2O/c1-8-16-2-3-17(8)4-5-18-9-6-10(13)12(15)11(14)7-9/h2-3,6-7H,4-5H2,1H3. The highest BCUT2D eigenvalue weighted by molar-refractivity contribution is 6.48. The number of rotatable bonds is 4. The van der Waals surface area contributed by atoms with Gasteiger partial charge in [-0.3, -0.25) is 0 Å². The average Bonchev–Trinajstić information content (AvgIpc) is 2.72. The molecule has 0 amide bonds. The fraction of sp³-hybridized carbons (Fsp3) is 0.250. The van der Waals surface area contributed by atoms with Crippen molar-refractivity contribution in [1.29, 1.82) is 0 Å². The minimum absolute atomic E-state index is 0.344. The molecule has 0 fully saturated rings. The van der Waals surface area contributed by atoms with Gasteiger partial charge in [0.15, 0.2) is 0 Å². The molecule has 0 saturated heterocycles. The van der Waals surface area contributed by atoms with Crippen LogP contribution in [0.5, 0.6) is 5.75 Å². The first-order chi connectivity index (χ1) is 8.58. The molecule has 1 heterocycles. The highest BCUT2D eigenvalue weighted by Gasteiger charge is 2.06. The summed E-state index contributed by atoms with van der Waals surface area (Å²) in [5.74, 6) is 1.55. The smallest absolute Gasteiger partial charge is 0.122 e. The molecule has 2 rings (SSSR count). The summed E-state index contributed by atoms with van der Waals surface area (Å²) in [4.78, 5) is 4.13. The number of halogens is 3. The van der Waals surface area contributed by atoms with E-state index in [2.05, 4.69) is 4.98 Å². The molecule has 1 aromatic carbocycles. The van der Waals surface area contributed by atoms with Crippen molar-refractivity contribution in [2.75, 3.05) is 6.61 Å². The molecular weight excluding hydrogens is 295 g/mol. The molecule has 0 atom stereocenters. The number of ether oxygens (including phenoxy) is 1. The molecule has 0 spiro atoms. The monoisotopic (exact) mass is 304 g/mol. The summed E-state index contributed by atoms with van der Waals surface area (Å²) in [6.45, 7) is 3.16. The Morgan fingerprint density at radius 3 is 2.44 bits per heavy atom. The van der Waals surface area contributed by atoms with E-state index in [0.717, 1.165) is 5.82 Å². The Morgan fingerprint density at radius 2 is 1.89 bits per heavy atom. The maximum absolute atomic E-state index is 5.91. The van der Waals surface area contributed by atoms with Gasteiger partial charge in [0.1, 0.15) is 18.2 Å². The van der Waals surface area contributed by atoms with Crippen molar-refractivity contribution in [3.05, 3.63) is 45.4 Å². The van der Waals surface area contributed by atoms with Crippen molar-refractivity contribution in [2.24, 2.45) is 0 Å². The molecule has 1 aromatic heterocycles. The first-order valence-electron chi connectivity index (χ1n) is 5.33. The highest BCUT2D eigenvalue weighted by Crippen LogP contribution is 2.34. The molecule has 6 heteroatoms. The van der Waals surface area contributed by atoms with Crippen molar-refractivity contribution in [1.82, 2.24) is 9.55 Å². The molecule has 0 aliphatic heterocycles. The van der Waals surface area contributed by atoms with E-state index in [1.165, 1.54) is 0 Å². The molecule has 96 valence electrons. The molecule has 0 bridgehead atoms. The summed E-state index contributed by atoms with van der Waals surface area (Å²) < 4.78 is 7.57. The van der Waals surface area contributed by atoms with E-state index < -0.39 is 0 Å². The van der Waals surface area contributed by atoms with E-state index in [-0.39, 0.29) is 0 Å². The molecular formula is C12H11Cl3N2O. The van der Waals surface area contributed by atoms with E-state index in [4.69, 9.17) is 39.5 Å². The number of hydrogen-bond acceptors (Lipinski definition) is 2. The lowest BCUT2D eigenvalue weighted by Gasteiger charge is -2.09. The Hall–Kier alpha value is -0.900. The van der Waals surface area contributed by atoms with Crippen LogP contribution in [0, 0.1) is 6.92 Å². The molecule has 3 nitrogen and oxygen atoms in total. The fourth-order valence-electron chi connectivity index (χ4n) is 1.52. The Balaban J connectivity index is 1.97. The van der Waals surface area contributed by atoms with Gasteiger partial charge in [-0.2, -0.15) is 0 Å². The minimum Gasteiger partial charge on any atom is -0.492 e. The van der Waals surface area contributed by atoms with Crippen LogP contribution in [0.3, 0.4) is 0 Å². The number of benzene rings is 1. The summed E-state index contributed by atoms with van der Waals surface area (Å²) >= 11 is 17.7. The van der Waals surface area contributed by atoms with Crippen LogP contribution in [0.25, 0.3) is 0 Å². The van der Waals surface area contributed by atoms with Gasteiger partial charge in [0.2, 0.25) is 0 Å². The largest absolute Gasteiger partial charge is 0.492 e. The molecule has 0 aliphatic carbocycles. The predicted octanol–water partition coefficient (Wildman–Crippen LogP) is 4.23. The van der Waals surface area contributed by atoms with Gasteiger partial charge in [-0.05, 0) is 6.92 Å². The van der Waals surface area contributed by atoms with E-state index in [0.29, 0.717) is 34.0 Å². The third-order valence-electron chi connectivity index (χ3n) is 2.48. The quantitative estimate of drug-likeness (QED) is 0.790. The number of hydrogen-bond donors (Lipinski definition) is 0. The second kappa shape index (κ2) is 5.83. The van der Waals surface area contributed by atoms with Gasteiger partial charge in [-0.1, -0.05) is 34.8 Å². The van der Waals surface area contributed by atoms with Crippen LogP contribution in [0.4, 0.5) is 0 Å². The van der Waals surface area contributed by atoms with Crippen LogP contribution in [0.15, 0.2) is 24.5 Å². The minimum atomic E-state index is 0.344. The van der Waals surface area contributed by atoms with Crippen LogP contribution in [-0.4, -0.2) is 16.2 Å². The summed E-state index contributed by atoms with van der Waals surface area (Å²) in [6, 6.07) is 3.30. The summed E-state index contributed by atoms with van der Waals surface area (Å²) in [6.07, 6.45) is 3.66. The second-order valence-corrected chi connectivity index (χ2v) is 4.91. The van der Waals surface area contributed by atoms with E-state index in [9.17, 15) is 0 Å². The molecule has 2 aromatic rings. The zero-order chi connectivity index (χ0) is 13.1. The van der Waals surface area contributed by atoms with E-state index in [1.54, 1.807) is 18.3 Å². The topological polar surface area (TPSA) is 27.1 Å². The third kappa shape index (κ3) is 3.10. The maximum atomic E-state index is 5.91. The number of aromatic nitrogens is 2. The van der Waals surface area contributed by atoms with Crippen LogP contribution in [0.1, 0.15) is 5.82 Å². The number of imidazole rings is 1. The van der Waals surface area contributed by atoms with Crippen LogP contribution < -0.4 is 4.74 Å². The maximum Gasteiger partial charge on any atom is 0.122 e. The molecule has 0 radical (unpaired) electrons. The Bertz CT molecular complexity index is 531. The van der Waals surface area contributed by atoms with Crippen molar-refractivity contribution < 1.29 is 4.74 Å². The lowest BCUT2D eigenvalue weighted by atomic mass is 10.3. The van der Waals surface area contributed by atoms with Gasteiger partial charge >= 0.3 is 0 Å². The van der Waals surface area contributed by atoms with Gasteiger partial charge in [0.25, 0.3) is 0 Å². The zero-order valence-electron chi connectivity index (χ0n) is 9.66. The van der Waals surface area contributed by atoms with Crippen molar-refractivity contribution in [2.45, 2.75) is 13.5 Å². The number of nitrogens with zero attached hydrogens (tertiary/aromatic N) is 2. The molecule has 0 unspecified atom stereocenters. The van der Waals surface area contributed by atoms with Gasteiger partial charge < -0.3 is 9.30 Å². The summed E-state index contributed by atoms with van der Waals surface area (Å²) in [5, 5.41) is 1.12. The number of aryl methyl sites for hydroxylation is 1. The lowest BCUT2D eigenvalue weighted by Crippen LogP contribution is -2.08. The van der Waals surface area contributed by atoms with Gasteiger partial charge in [0, 0.05) is 24.5 Å².